The molecule has 5 aromatic rings. The molecule has 0 fully saturated rings. The average molecular weight is 476 g/mol. The Bertz CT molecular complexity index is 1660. The molecule has 7 nitrogen and oxygen atoms in total. The number of thioether (sulfide) groups is 1. The van der Waals surface area contributed by atoms with Gasteiger partial charge < -0.3 is 4.57 Å². The second-order valence-electron chi connectivity index (χ2n) is 8.26. The number of rotatable bonds is 5. The lowest BCUT2D eigenvalue weighted by Gasteiger charge is -2.11. The fourth-order valence-corrected chi connectivity index (χ4v) is 5.10. The van der Waals surface area contributed by atoms with E-state index in [4.69, 9.17) is 0 Å². The van der Waals surface area contributed by atoms with Gasteiger partial charge >= 0.3 is 0 Å². The van der Waals surface area contributed by atoms with Gasteiger partial charge in [0.1, 0.15) is 5.82 Å². The van der Waals surface area contributed by atoms with Crippen molar-refractivity contribution in [1.29, 1.82) is 0 Å². The normalized spacial score (nSPS) is 11.6. The predicted octanol–water partition coefficient (Wildman–Crippen LogP) is 4.41. The average Bonchev–Trinajstić information content (AvgIpc) is 3.38. The molecule has 0 amide bonds. The lowest BCUT2D eigenvalue weighted by Crippen LogP contribution is -2.20. The molecule has 3 aromatic heterocycles. The number of carbonyl (C=O) groups excluding carboxylic acids is 1. The summed E-state index contributed by atoms with van der Waals surface area (Å²) < 4.78 is 19.3. The first-order chi connectivity index (χ1) is 16.3. The van der Waals surface area contributed by atoms with Crippen molar-refractivity contribution in [3.8, 4) is 5.69 Å². The summed E-state index contributed by atoms with van der Waals surface area (Å²) in [5.41, 5.74) is 3.98. The summed E-state index contributed by atoms with van der Waals surface area (Å²) in [6.45, 7) is 5.47. The maximum atomic E-state index is 14.1. The van der Waals surface area contributed by atoms with Crippen LogP contribution in [0.25, 0.3) is 22.4 Å². The molecule has 0 spiro atoms. The van der Waals surface area contributed by atoms with Gasteiger partial charge in [-0.2, -0.15) is 0 Å². The number of hydrogen-bond donors (Lipinski definition) is 0. The number of halogens is 1. The number of hydrogen-bond acceptors (Lipinski definition) is 5. The SMILES string of the molecule is Cc1ccc(-n2c(C)cc(C(=O)CSc3nnc4n(C)c(=O)c5ccccc5n34)c2C)cc1F. The van der Waals surface area contributed by atoms with Crippen molar-refractivity contribution in [1.82, 2.24) is 23.7 Å². The summed E-state index contributed by atoms with van der Waals surface area (Å²) in [5.74, 6) is 0.208. The van der Waals surface area contributed by atoms with Crippen molar-refractivity contribution in [3.63, 3.8) is 0 Å². The van der Waals surface area contributed by atoms with Gasteiger partial charge in [0.05, 0.1) is 16.7 Å². The molecule has 0 atom stereocenters. The zero-order chi connectivity index (χ0) is 24.1. The number of ketones is 1. The standard InChI is InChI=1S/C25H22FN5O2S/c1-14-9-10-17(12-20(14)26)30-15(2)11-19(16(30)3)22(32)13-34-25-28-27-24-29(4)23(33)18-7-5-6-8-21(18)31(24)25/h5-12H,13H2,1-4H3. The van der Waals surface area contributed by atoms with Gasteiger partial charge in [-0.1, -0.05) is 30.0 Å². The topological polar surface area (TPSA) is 74.2 Å². The number of aromatic nitrogens is 5. The number of benzene rings is 2. The summed E-state index contributed by atoms with van der Waals surface area (Å²) in [5, 5.41) is 9.50. The van der Waals surface area contributed by atoms with Crippen molar-refractivity contribution in [2.45, 2.75) is 25.9 Å². The highest BCUT2D eigenvalue weighted by atomic mass is 32.2. The molecule has 2 aromatic carbocycles. The number of Topliss-reactive ketones (excluding diaryl/α,β-unsaturated/α-hetero) is 1. The number of aryl methyl sites for hydroxylation is 3. The van der Waals surface area contributed by atoms with E-state index in [1.165, 1.54) is 22.4 Å². The van der Waals surface area contributed by atoms with Crippen LogP contribution >= 0.6 is 11.8 Å². The Morgan fingerprint density at radius 1 is 1.06 bits per heavy atom. The van der Waals surface area contributed by atoms with E-state index in [9.17, 15) is 14.0 Å². The minimum absolute atomic E-state index is 0.0668. The van der Waals surface area contributed by atoms with Gasteiger partial charge in [-0.15, -0.1) is 10.2 Å². The van der Waals surface area contributed by atoms with Gasteiger partial charge in [0.25, 0.3) is 5.56 Å². The second-order valence-corrected chi connectivity index (χ2v) is 9.21. The van der Waals surface area contributed by atoms with Gasteiger partial charge in [-0.05, 0) is 56.7 Å². The first-order valence-electron chi connectivity index (χ1n) is 10.7. The molecule has 34 heavy (non-hydrogen) atoms. The van der Waals surface area contributed by atoms with Crippen LogP contribution in [0.1, 0.15) is 27.3 Å². The first-order valence-corrected chi connectivity index (χ1v) is 11.7. The van der Waals surface area contributed by atoms with Crippen molar-refractivity contribution in [3.05, 3.63) is 87.2 Å². The van der Waals surface area contributed by atoms with Crippen LogP contribution in [0.4, 0.5) is 4.39 Å². The van der Waals surface area contributed by atoms with E-state index < -0.39 is 0 Å². The van der Waals surface area contributed by atoms with Crippen molar-refractivity contribution in [2.24, 2.45) is 7.05 Å². The Hall–Kier alpha value is -3.72. The third-order valence-electron chi connectivity index (χ3n) is 6.07. The molecule has 0 aliphatic carbocycles. The van der Waals surface area contributed by atoms with E-state index in [-0.39, 0.29) is 22.9 Å². The molecular weight excluding hydrogens is 453 g/mol. The predicted molar refractivity (Wildman–Crippen MR) is 131 cm³/mol. The summed E-state index contributed by atoms with van der Waals surface area (Å²) in [4.78, 5) is 25.8. The van der Waals surface area contributed by atoms with Crippen LogP contribution < -0.4 is 5.56 Å². The lowest BCUT2D eigenvalue weighted by molar-refractivity contribution is 0.102. The number of fused-ring (bicyclic) bond motifs is 3. The maximum absolute atomic E-state index is 14.1. The Morgan fingerprint density at radius 2 is 1.82 bits per heavy atom. The molecule has 0 bridgehead atoms. The van der Waals surface area contributed by atoms with Gasteiger partial charge in [0.15, 0.2) is 10.9 Å². The zero-order valence-electron chi connectivity index (χ0n) is 19.2. The Kier molecular flexibility index (Phi) is 5.36. The molecule has 3 heterocycles. The smallest absolute Gasteiger partial charge is 0.262 e. The van der Waals surface area contributed by atoms with Crippen LogP contribution in [-0.2, 0) is 7.05 Å². The highest BCUT2D eigenvalue weighted by molar-refractivity contribution is 7.99. The van der Waals surface area contributed by atoms with Gasteiger partial charge in [-0.3, -0.25) is 18.6 Å². The van der Waals surface area contributed by atoms with E-state index in [0.717, 1.165) is 11.4 Å². The maximum Gasteiger partial charge on any atom is 0.262 e. The number of para-hydroxylation sites is 1. The molecule has 5 rings (SSSR count). The molecule has 0 aliphatic heterocycles. The van der Waals surface area contributed by atoms with Crippen LogP contribution in [-0.4, -0.2) is 35.3 Å². The van der Waals surface area contributed by atoms with E-state index >= 15 is 0 Å². The molecule has 0 saturated carbocycles. The monoisotopic (exact) mass is 475 g/mol. The molecule has 0 N–H and O–H groups in total. The molecule has 9 heteroatoms. The summed E-state index contributed by atoms with van der Waals surface area (Å²) >= 11 is 1.27. The highest BCUT2D eigenvalue weighted by Crippen LogP contribution is 2.26. The largest absolute Gasteiger partial charge is 0.318 e. The third kappa shape index (κ3) is 3.43. The summed E-state index contributed by atoms with van der Waals surface area (Å²) in [7, 11) is 1.65. The van der Waals surface area contributed by atoms with E-state index in [1.54, 1.807) is 30.5 Å². The molecule has 0 aliphatic rings. The van der Waals surface area contributed by atoms with E-state index in [2.05, 4.69) is 10.2 Å². The van der Waals surface area contributed by atoms with Crippen LogP contribution in [0.15, 0.2) is 58.5 Å². The Labute approximate surface area is 198 Å². The fraction of sp³-hybridized carbons (Fsp3) is 0.200. The first kappa shape index (κ1) is 22.1. The molecule has 0 saturated heterocycles. The fourth-order valence-electron chi connectivity index (χ4n) is 4.28. The Balaban J connectivity index is 1.48. The highest BCUT2D eigenvalue weighted by Gasteiger charge is 2.20. The van der Waals surface area contributed by atoms with Crippen LogP contribution in [0.3, 0.4) is 0 Å². The van der Waals surface area contributed by atoms with Crippen LogP contribution in [0.2, 0.25) is 0 Å². The van der Waals surface area contributed by atoms with Gasteiger partial charge in [0, 0.05) is 29.7 Å². The minimum Gasteiger partial charge on any atom is -0.318 e. The van der Waals surface area contributed by atoms with Crippen molar-refractivity contribution in [2.75, 3.05) is 5.75 Å². The van der Waals surface area contributed by atoms with Crippen LogP contribution in [0, 0.1) is 26.6 Å². The number of nitrogens with zero attached hydrogens (tertiary/aromatic N) is 5. The van der Waals surface area contributed by atoms with Crippen molar-refractivity contribution >= 4 is 34.2 Å². The Morgan fingerprint density at radius 3 is 2.59 bits per heavy atom. The number of carbonyl (C=O) groups is 1. The van der Waals surface area contributed by atoms with E-state index in [1.807, 2.05) is 48.7 Å². The second kappa shape index (κ2) is 8.25. The zero-order valence-corrected chi connectivity index (χ0v) is 20.0. The third-order valence-corrected chi connectivity index (χ3v) is 7.00. The van der Waals surface area contributed by atoms with Gasteiger partial charge in [0.2, 0.25) is 5.78 Å². The summed E-state index contributed by atoms with van der Waals surface area (Å²) in [6.07, 6.45) is 0. The molecular formula is C25H22FN5O2S. The molecule has 0 radical (unpaired) electrons. The van der Waals surface area contributed by atoms with Gasteiger partial charge in [-0.25, -0.2) is 4.39 Å². The van der Waals surface area contributed by atoms with Crippen molar-refractivity contribution < 1.29 is 9.18 Å². The van der Waals surface area contributed by atoms with E-state index in [0.29, 0.717) is 38.7 Å². The minimum atomic E-state index is -0.284. The lowest BCUT2D eigenvalue weighted by atomic mass is 10.2. The van der Waals surface area contributed by atoms with Crippen LogP contribution in [0.5, 0.6) is 0 Å². The summed E-state index contributed by atoms with van der Waals surface area (Å²) in [6, 6.07) is 14.2. The quantitative estimate of drug-likeness (QED) is 0.278. The molecule has 172 valence electrons. The molecule has 0 unspecified atom stereocenters.